The lowest BCUT2D eigenvalue weighted by Gasteiger charge is -2.52. The minimum absolute atomic E-state index is 0.0871. The number of fused-ring (bicyclic) bond motifs is 6. The molecule has 0 aromatic heterocycles. The van der Waals surface area contributed by atoms with Crippen molar-refractivity contribution in [3.05, 3.63) is 118 Å². The first-order chi connectivity index (χ1) is 21.3. The van der Waals surface area contributed by atoms with Crippen LogP contribution in [0.1, 0.15) is 35.2 Å². The lowest BCUT2D eigenvalue weighted by atomic mass is 9.58. The van der Waals surface area contributed by atoms with Crippen molar-refractivity contribution in [2.45, 2.75) is 24.9 Å². The van der Waals surface area contributed by atoms with E-state index in [1.165, 1.54) is 28.0 Å². The Kier molecular flexibility index (Phi) is 7.28. The summed E-state index contributed by atoms with van der Waals surface area (Å²) in [6, 6.07) is 19.3. The average Bonchev–Trinajstić information content (AvgIpc) is 3.26. The highest BCUT2D eigenvalue weighted by Crippen LogP contribution is 2.62. The Hall–Kier alpha value is -5.25. The molecule has 3 heterocycles. The van der Waals surface area contributed by atoms with Crippen LogP contribution in [0.5, 0.6) is 0 Å². The van der Waals surface area contributed by atoms with Gasteiger partial charge in [0.1, 0.15) is 22.8 Å². The second-order valence-electron chi connectivity index (χ2n) is 10.6. The molecule has 6 rings (SSSR count). The fraction of sp³-hybridized carbons (Fsp3) is 0.235. The first-order valence-electron chi connectivity index (χ1n) is 14.1. The minimum atomic E-state index is -1.97. The quantitative estimate of drug-likeness (QED) is 0.304. The second-order valence-corrected chi connectivity index (χ2v) is 10.6. The molecule has 0 N–H and O–H groups in total. The summed E-state index contributed by atoms with van der Waals surface area (Å²) in [5.74, 6) is -5.81. The normalized spacial score (nSPS) is 21.5. The first-order valence-corrected chi connectivity index (χ1v) is 14.1. The summed E-state index contributed by atoms with van der Waals surface area (Å²) in [6.45, 7) is 1.60. The molecule has 44 heavy (non-hydrogen) atoms. The van der Waals surface area contributed by atoms with Gasteiger partial charge in [-0.15, -0.1) is 0 Å². The molecule has 3 atom stereocenters. The third-order valence-corrected chi connectivity index (χ3v) is 8.46. The van der Waals surface area contributed by atoms with E-state index in [0.29, 0.717) is 16.8 Å². The molecule has 224 valence electrons. The van der Waals surface area contributed by atoms with Gasteiger partial charge in [-0.3, -0.25) is 9.59 Å². The largest absolute Gasteiger partial charge is 0.466 e. The van der Waals surface area contributed by atoms with Gasteiger partial charge in [0.15, 0.2) is 0 Å². The van der Waals surface area contributed by atoms with Crippen LogP contribution in [0.2, 0.25) is 0 Å². The van der Waals surface area contributed by atoms with Crippen molar-refractivity contribution >= 4 is 35.6 Å². The molecule has 3 aliphatic rings. The second kappa shape index (κ2) is 11.1. The van der Waals surface area contributed by atoms with Gasteiger partial charge in [0.2, 0.25) is 5.91 Å². The van der Waals surface area contributed by atoms with Crippen LogP contribution in [-0.2, 0) is 45.3 Å². The van der Waals surface area contributed by atoms with Crippen LogP contribution in [0.3, 0.4) is 0 Å². The molecule has 10 heteroatoms. The average molecular weight is 597 g/mol. The van der Waals surface area contributed by atoms with Gasteiger partial charge in [0.25, 0.3) is 0 Å². The third kappa shape index (κ3) is 4.12. The number of nitrogens with zero attached hydrogens (tertiary/aromatic N) is 2. The van der Waals surface area contributed by atoms with E-state index >= 15 is 9.18 Å². The Morgan fingerprint density at radius 1 is 0.932 bits per heavy atom. The van der Waals surface area contributed by atoms with Gasteiger partial charge in [0, 0.05) is 11.9 Å². The van der Waals surface area contributed by atoms with E-state index in [2.05, 4.69) is 0 Å². The number of amides is 1. The van der Waals surface area contributed by atoms with Gasteiger partial charge in [-0.25, -0.2) is 14.0 Å². The van der Waals surface area contributed by atoms with E-state index in [-0.39, 0.29) is 24.4 Å². The highest BCUT2D eigenvalue weighted by atomic mass is 19.1. The van der Waals surface area contributed by atoms with Crippen LogP contribution in [-0.4, -0.2) is 49.5 Å². The number of ether oxygens (including phenoxy) is 3. The SMILES string of the molecule is CCOC(=O)C1C(C(=O)OC)=C(C(=O)OC)N2C=Cc3ccccc3[C@H]2[C@]12C(=O)N(Cc1ccccc1)c1ccc(F)cc12. The van der Waals surface area contributed by atoms with E-state index in [4.69, 9.17) is 14.2 Å². The molecule has 1 amide bonds. The van der Waals surface area contributed by atoms with Crippen LogP contribution in [0.25, 0.3) is 6.08 Å². The van der Waals surface area contributed by atoms with Gasteiger partial charge in [-0.1, -0.05) is 54.6 Å². The molecule has 0 radical (unpaired) electrons. The maximum atomic E-state index is 15.3. The van der Waals surface area contributed by atoms with E-state index in [9.17, 15) is 14.4 Å². The monoisotopic (exact) mass is 596 g/mol. The molecule has 3 aromatic rings. The highest BCUT2D eigenvalue weighted by Gasteiger charge is 2.70. The molecule has 0 aliphatic carbocycles. The number of esters is 3. The number of benzene rings is 3. The maximum Gasteiger partial charge on any atom is 0.355 e. The predicted octanol–water partition coefficient (Wildman–Crippen LogP) is 4.43. The van der Waals surface area contributed by atoms with Gasteiger partial charge < -0.3 is 24.0 Å². The summed E-state index contributed by atoms with van der Waals surface area (Å²) >= 11 is 0. The van der Waals surface area contributed by atoms with Gasteiger partial charge in [-0.2, -0.15) is 0 Å². The Morgan fingerprint density at radius 3 is 2.34 bits per heavy atom. The number of anilines is 1. The number of hydrogen-bond donors (Lipinski definition) is 0. The summed E-state index contributed by atoms with van der Waals surface area (Å²) in [5, 5.41) is 0. The predicted molar refractivity (Wildman–Crippen MR) is 157 cm³/mol. The molecule has 0 fully saturated rings. The Balaban J connectivity index is 1.76. The zero-order valence-electron chi connectivity index (χ0n) is 24.3. The molecule has 3 aromatic carbocycles. The van der Waals surface area contributed by atoms with Crippen molar-refractivity contribution in [1.82, 2.24) is 4.90 Å². The van der Waals surface area contributed by atoms with Crippen LogP contribution in [0.4, 0.5) is 10.1 Å². The zero-order valence-corrected chi connectivity index (χ0v) is 24.3. The molecule has 3 aliphatic heterocycles. The topological polar surface area (TPSA) is 102 Å². The number of rotatable bonds is 6. The van der Waals surface area contributed by atoms with Crippen molar-refractivity contribution in [2.75, 3.05) is 25.7 Å². The zero-order chi connectivity index (χ0) is 31.2. The highest BCUT2D eigenvalue weighted by molar-refractivity contribution is 6.15. The molecule has 9 nitrogen and oxygen atoms in total. The maximum absolute atomic E-state index is 15.3. The molecular formula is C34H29FN2O7. The molecule has 0 saturated heterocycles. The van der Waals surface area contributed by atoms with Gasteiger partial charge in [0.05, 0.1) is 39.0 Å². The first kappa shape index (κ1) is 28.9. The Labute approximate surface area is 253 Å². The Morgan fingerprint density at radius 2 is 1.64 bits per heavy atom. The van der Waals surface area contributed by atoms with Crippen LogP contribution in [0, 0.1) is 11.7 Å². The van der Waals surface area contributed by atoms with Gasteiger partial charge in [-0.05, 0) is 53.5 Å². The van der Waals surface area contributed by atoms with Crippen molar-refractivity contribution in [3.8, 4) is 0 Å². The molecular weight excluding hydrogens is 567 g/mol. The molecule has 1 unspecified atom stereocenters. The molecule has 0 bridgehead atoms. The third-order valence-electron chi connectivity index (χ3n) is 8.46. The van der Waals surface area contributed by atoms with Crippen molar-refractivity contribution in [1.29, 1.82) is 0 Å². The van der Waals surface area contributed by atoms with Crippen molar-refractivity contribution < 1.29 is 37.8 Å². The number of hydrogen-bond acceptors (Lipinski definition) is 8. The van der Waals surface area contributed by atoms with Crippen molar-refractivity contribution in [2.24, 2.45) is 5.92 Å². The molecule has 0 saturated carbocycles. The Bertz CT molecular complexity index is 1750. The smallest absolute Gasteiger partial charge is 0.355 e. The fourth-order valence-corrected chi connectivity index (χ4v) is 6.79. The minimum Gasteiger partial charge on any atom is -0.466 e. The lowest BCUT2D eigenvalue weighted by molar-refractivity contribution is -0.158. The summed E-state index contributed by atoms with van der Waals surface area (Å²) in [6.07, 6.45) is 3.30. The van der Waals surface area contributed by atoms with Crippen molar-refractivity contribution in [3.63, 3.8) is 0 Å². The molecule has 1 spiro atoms. The van der Waals surface area contributed by atoms with Crippen LogP contribution < -0.4 is 4.90 Å². The van der Waals surface area contributed by atoms with Crippen LogP contribution >= 0.6 is 0 Å². The van der Waals surface area contributed by atoms with E-state index < -0.39 is 52.6 Å². The van der Waals surface area contributed by atoms with E-state index in [1.807, 2.05) is 42.5 Å². The van der Waals surface area contributed by atoms with E-state index in [0.717, 1.165) is 19.8 Å². The number of halogens is 1. The van der Waals surface area contributed by atoms with E-state index in [1.54, 1.807) is 31.3 Å². The number of carbonyl (C=O) groups excluding carboxylic acids is 4. The van der Waals surface area contributed by atoms with Gasteiger partial charge >= 0.3 is 17.9 Å². The van der Waals surface area contributed by atoms with Crippen LogP contribution in [0.15, 0.2) is 90.3 Å². The number of carbonyl (C=O) groups is 4. The number of methoxy groups -OCH3 is 2. The summed E-state index contributed by atoms with van der Waals surface area (Å²) in [5.41, 5.74) is -0.0197. The summed E-state index contributed by atoms with van der Waals surface area (Å²) in [7, 11) is 2.26. The standard InChI is InChI=1S/C34H29FN2O7/c1-4-44-31(39)27-26(30(38)42-2)28(32(40)43-3)36-17-16-21-12-8-9-13-23(21)29(36)34(27)24-18-22(35)14-15-25(24)37(33(34)41)19-20-10-6-5-7-11-20/h5-18,27,29H,4,19H2,1-3H3/t27?,29-,34+/m0/s1. The summed E-state index contributed by atoms with van der Waals surface area (Å²) in [4.78, 5) is 59.7. The lowest BCUT2D eigenvalue weighted by Crippen LogP contribution is -2.61. The fourth-order valence-electron chi connectivity index (χ4n) is 6.79. The summed E-state index contributed by atoms with van der Waals surface area (Å²) < 4.78 is 31.1.